The van der Waals surface area contributed by atoms with E-state index in [0.717, 1.165) is 55.3 Å². The molecule has 1 aliphatic carbocycles. The van der Waals surface area contributed by atoms with Crippen molar-refractivity contribution in [1.82, 2.24) is 15.8 Å². The molecule has 2 aromatic rings. The third kappa shape index (κ3) is 6.18. The van der Waals surface area contributed by atoms with E-state index in [0.29, 0.717) is 24.8 Å². The summed E-state index contributed by atoms with van der Waals surface area (Å²) in [6.07, 6.45) is 10.3. The van der Waals surface area contributed by atoms with Crippen LogP contribution < -0.4 is 10.6 Å². The Labute approximate surface area is 180 Å². The molecule has 0 unspecified atom stereocenters. The molecule has 1 aliphatic heterocycles. The number of benzene rings is 1. The van der Waals surface area contributed by atoms with Gasteiger partial charge in [-0.2, -0.15) is 0 Å². The molecule has 2 heterocycles. The highest BCUT2D eigenvalue weighted by Gasteiger charge is 2.28. The molecule has 30 heavy (non-hydrogen) atoms. The van der Waals surface area contributed by atoms with Gasteiger partial charge in [-0.05, 0) is 49.2 Å². The van der Waals surface area contributed by atoms with Gasteiger partial charge < -0.3 is 15.2 Å². The lowest BCUT2D eigenvalue weighted by Crippen LogP contribution is -2.40. The first-order chi connectivity index (χ1) is 14.8. The van der Waals surface area contributed by atoms with E-state index in [-0.39, 0.29) is 5.91 Å². The lowest BCUT2D eigenvalue weighted by molar-refractivity contribution is -0.122. The van der Waals surface area contributed by atoms with Crippen LogP contribution in [-0.4, -0.2) is 24.2 Å². The highest BCUT2D eigenvalue weighted by molar-refractivity contribution is 5.76. The molecule has 0 radical (unpaired) electrons. The summed E-state index contributed by atoms with van der Waals surface area (Å²) in [5.74, 6) is 2.76. The molecule has 1 aromatic heterocycles. The van der Waals surface area contributed by atoms with Crippen LogP contribution in [0, 0.1) is 17.8 Å². The lowest BCUT2D eigenvalue weighted by atomic mass is 9.81. The topological polar surface area (TPSA) is 67.2 Å². The van der Waals surface area contributed by atoms with Gasteiger partial charge in [0.1, 0.15) is 5.76 Å². The van der Waals surface area contributed by atoms with E-state index in [1.54, 1.807) is 0 Å². The molecule has 1 saturated carbocycles. The van der Waals surface area contributed by atoms with E-state index in [9.17, 15) is 4.79 Å². The predicted molar refractivity (Wildman–Crippen MR) is 118 cm³/mol. The SMILES string of the molecule is O=C(C[C@@H]1CCNC[C@@H]1Cc1cc(CC2CCCCC2)on1)NCc1ccccc1. The fourth-order valence-electron chi connectivity index (χ4n) is 5.08. The molecule has 4 rings (SSSR count). The van der Waals surface area contributed by atoms with Crippen LogP contribution in [0.2, 0.25) is 0 Å². The highest BCUT2D eigenvalue weighted by atomic mass is 16.5. The fourth-order valence-corrected chi connectivity index (χ4v) is 5.08. The van der Waals surface area contributed by atoms with E-state index < -0.39 is 0 Å². The van der Waals surface area contributed by atoms with Crippen molar-refractivity contribution in [1.29, 1.82) is 0 Å². The Hall–Kier alpha value is -2.14. The second-order valence-corrected chi connectivity index (χ2v) is 9.18. The number of piperidine rings is 1. The Morgan fingerprint density at radius 3 is 2.73 bits per heavy atom. The van der Waals surface area contributed by atoms with Crippen molar-refractivity contribution in [2.24, 2.45) is 17.8 Å². The third-order valence-corrected chi connectivity index (χ3v) is 6.84. The van der Waals surface area contributed by atoms with Crippen LogP contribution in [-0.2, 0) is 24.2 Å². The van der Waals surface area contributed by atoms with E-state index in [1.165, 1.54) is 32.1 Å². The molecule has 2 N–H and O–H groups in total. The van der Waals surface area contributed by atoms with Crippen molar-refractivity contribution in [2.75, 3.05) is 13.1 Å². The molecular formula is C25H35N3O2. The Balaban J connectivity index is 1.27. The minimum Gasteiger partial charge on any atom is -0.361 e. The van der Waals surface area contributed by atoms with Crippen LogP contribution in [0.4, 0.5) is 0 Å². The molecule has 0 spiro atoms. The normalized spacial score (nSPS) is 22.7. The Morgan fingerprint density at radius 2 is 1.90 bits per heavy atom. The minimum absolute atomic E-state index is 0.147. The van der Waals surface area contributed by atoms with Crippen LogP contribution in [0.15, 0.2) is 40.9 Å². The van der Waals surface area contributed by atoms with Crippen LogP contribution in [0.3, 0.4) is 0 Å². The fraction of sp³-hybridized carbons (Fsp3) is 0.600. The highest BCUT2D eigenvalue weighted by Crippen LogP contribution is 2.29. The van der Waals surface area contributed by atoms with Gasteiger partial charge in [0.2, 0.25) is 5.91 Å². The van der Waals surface area contributed by atoms with Crippen molar-refractivity contribution in [2.45, 2.75) is 64.3 Å². The average molecular weight is 410 g/mol. The second-order valence-electron chi connectivity index (χ2n) is 9.18. The number of aromatic nitrogens is 1. The summed E-state index contributed by atoms with van der Waals surface area (Å²) in [7, 11) is 0. The molecule has 2 aliphatic rings. The lowest BCUT2D eigenvalue weighted by Gasteiger charge is -2.31. The molecule has 1 saturated heterocycles. The summed E-state index contributed by atoms with van der Waals surface area (Å²) in [4.78, 5) is 12.5. The van der Waals surface area contributed by atoms with Crippen molar-refractivity contribution in [3.05, 3.63) is 53.4 Å². The number of nitrogens with zero attached hydrogens (tertiary/aromatic N) is 1. The smallest absolute Gasteiger partial charge is 0.220 e. The maximum absolute atomic E-state index is 12.5. The van der Waals surface area contributed by atoms with Crippen molar-refractivity contribution in [3.63, 3.8) is 0 Å². The van der Waals surface area contributed by atoms with Gasteiger partial charge >= 0.3 is 0 Å². The van der Waals surface area contributed by atoms with E-state index in [4.69, 9.17) is 4.52 Å². The number of carbonyl (C=O) groups is 1. The van der Waals surface area contributed by atoms with E-state index >= 15 is 0 Å². The van der Waals surface area contributed by atoms with Gasteiger partial charge in [-0.25, -0.2) is 0 Å². The van der Waals surface area contributed by atoms with Crippen molar-refractivity contribution in [3.8, 4) is 0 Å². The van der Waals surface area contributed by atoms with E-state index in [1.807, 2.05) is 30.3 Å². The zero-order valence-electron chi connectivity index (χ0n) is 17.9. The predicted octanol–water partition coefficient (Wildman–Crippen LogP) is 4.27. The Bertz CT molecular complexity index is 783. The van der Waals surface area contributed by atoms with Crippen molar-refractivity contribution < 1.29 is 9.32 Å². The quantitative estimate of drug-likeness (QED) is 0.683. The van der Waals surface area contributed by atoms with Gasteiger partial charge in [-0.15, -0.1) is 0 Å². The van der Waals surface area contributed by atoms with Crippen LogP contribution in [0.1, 0.15) is 62.0 Å². The maximum atomic E-state index is 12.5. The zero-order valence-corrected chi connectivity index (χ0v) is 17.9. The second kappa shape index (κ2) is 10.8. The number of hydrogen-bond acceptors (Lipinski definition) is 4. The van der Waals surface area contributed by atoms with Gasteiger partial charge in [0.15, 0.2) is 0 Å². The van der Waals surface area contributed by atoms with Crippen molar-refractivity contribution >= 4 is 5.91 Å². The van der Waals surface area contributed by atoms with Gasteiger partial charge in [0.25, 0.3) is 0 Å². The standard InChI is InChI=1S/C25H35N3O2/c29-25(27-17-20-9-5-2-6-10-20)15-21-11-12-26-18-22(21)14-23-16-24(30-28-23)13-19-7-3-1-4-8-19/h2,5-6,9-10,16,19,21-22,26H,1,3-4,7-8,11-15,17-18H2,(H,27,29)/t21-,22-/m0/s1. The number of rotatable bonds is 8. The summed E-state index contributed by atoms with van der Waals surface area (Å²) in [5.41, 5.74) is 2.19. The summed E-state index contributed by atoms with van der Waals surface area (Å²) in [6.45, 7) is 2.53. The van der Waals surface area contributed by atoms with Gasteiger partial charge in [0.05, 0.1) is 5.69 Å². The number of nitrogens with one attached hydrogen (secondary N) is 2. The van der Waals surface area contributed by atoms with Gasteiger partial charge in [-0.3, -0.25) is 4.79 Å². The summed E-state index contributed by atoms with van der Waals surface area (Å²) >= 11 is 0. The zero-order chi connectivity index (χ0) is 20.6. The van der Waals surface area contributed by atoms with Crippen LogP contribution >= 0.6 is 0 Å². The Kier molecular flexibility index (Phi) is 7.57. The molecule has 5 heteroatoms. The molecule has 0 bridgehead atoms. The van der Waals surface area contributed by atoms with Gasteiger partial charge in [-0.1, -0.05) is 67.6 Å². The molecule has 5 nitrogen and oxygen atoms in total. The molecule has 162 valence electrons. The van der Waals surface area contributed by atoms with Crippen LogP contribution in [0.5, 0.6) is 0 Å². The first-order valence-electron chi connectivity index (χ1n) is 11.7. The monoisotopic (exact) mass is 409 g/mol. The summed E-state index contributed by atoms with van der Waals surface area (Å²) in [5, 5.41) is 10.9. The van der Waals surface area contributed by atoms with Gasteiger partial charge in [0, 0.05) is 25.5 Å². The minimum atomic E-state index is 0.147. The average Bonchev–Trinajstić information content (AvgIpc) is 3.22. The first kappa shape index (κ1) is 21.1. The summed E-state index contributed by atoms with van der Waals surface area (Å²) < 4.78 is 5.66. The molecule has 2 atom stereocenters. The van der Waals surface area contributed by atoms with Crippen LogP contribution in [0.25, 0.3) is 0 Å². The molecular weight excluding hydrogens is 374 g/mol. The summed E-state index contributed by atoms with van der Waals surface area (Å²) in [6, 6.07) is 12.3. The number of amides is 1. The third-order valence-electron chi connectivity index (χ3n) is 6.84. The molecule has 2 fully saturated rings. The largest absolute Gasteiger partial charge is 0.361 e. The Morgan fingerprint density at radius 1 is 1.07 bits per heavy atom. The number of carbonyl (C=O) groups excluding carboxylic acids is 1. The van der Waals surface area contributed by atoms with E-state index in [2.05, 4.69) is 21.9 Å². The maximum Gasteiger partial charge on any atom is 0.220 e. The number of hydrogen-bond donors (Lipinski definition) is 2. The first-order valence-corrected chi connectivity index (χ1v) is 11.7. The molecule has 1 amide bonds. The molecule has 1 aromatic carbocycles.